The zero-order chi connectivity index (χ0) is 14.5. The third-order valence-electron chi connectivity index (χ3n) is 3.57. The van der Waals surface area contributed by atoms with Crippen molar-refractivity contribution >= 4 is 17.5 Å². The number of carbonyl (C=O) groups is 2. The number of likely N-dealkylation sites (tertiary alicyclic amines) is 1. The summed E-state index contributed by atoms with van der Waals surface area (Å²) in [6.07, 6.45) is 1.37. The second-order valence-electron chi connectivity index (χ2n) is 4.96. The Balaban J connectivity index is 1.93. The van der Waals surface area contributed by atoms with Crippen molar-refractivity contribution < 1.29 is 9.59 Å². The molecule has 20 heavy (non-hydrogen) atoms. The van der Waals surface area contributed by atoms with E-state index in [4.69, 9.17) is 5.26 Å². The summed E-state index contributed by atoms with van der Waals surface area (Å²) in [5.41, 5.74) is 1.16. The molecule has 0 unspecified atom stereocenters. The molecule has 1 heterocycles. The van der Waals surface area contributed by atoms with Crippen LogP contribution >= 0.6 is 0 Å². The van der Waals surface area contributed by atoms with Crippen LogP contribution in [0.25, 0.3) is 0 Å². The van der Waals surface area contributed by atoms with Crippen molar-refractivity contribution in [2.45, 2.75) is 19.8 Å². The first-order valence-electron chi connectivity index (χ1n) is 6.66. The highest BCUT2D eigenvalue weighted by Gasteiger charge is 2.25. The minimum Gasteiger partial charge on any atom is -0.343 e. The molecule has 5 heteroatoms. The van der Waals surface area contributed by atoms with E-state index in [1.807, 2.05) is 6.07 Å². The number of hydrogen-bond acceptors (Lipinski definition) is 3. The molecule has 2 amide bonds. The Bertz CT molecular complexity index is 554. The number of carbonyl (C=O) groups excluding carboxylic acids is 2. The molecule has 1 N–H and O–H groups in total. The zero-order valence-electron chi connectivity index (χ0n) is 11.4. The molecule has 2 rings (SSSR count). The first-order valence-corrected chi connectivity index (χ1v) is 6.66. The van der Waals surface area contributed by atoms with E-state index >= 15 is 0 Å². The Labute approximate surface area is 118 Å². The zero-order valence-corrected chi connectivity index (χ0v) is 11.4. The van der Waals surface area contributed by atoms with Crippen molar-refractivity contribution in [1.82, 2.24) is 4.90 Å². The normalized spacial score (nSPS) is 15.5. The lowest BCUT2D eigenvalue weighted by Gasteiger charge is -2.30. The average molecular weight is 271 g/mol. The molecule has 1 aromatic carbocycles. The summed E-state index contributed by atoms with van der Waals surface area (Å²) in [4.78, 5) is 25.1. The van der Waals surface area contributed by atoms with Gasteiger partial charge in [-0.25, -0.2) is 0 Å². The number of piperidine rings is 1. The number of anilines is 1. The molecule has 0 spiro atoms. The fourth-order valence-corrected chi connectivity index (χ4v) is 2.37. The highest BCUT2D eigenvalue weighted by atomic mass is 16.2. The summed E-state index contributed by atoms with van der Waals surface area (Å²) in [5.74, 6) is -0.0507. The lowest BCUT2D eigenvalue weighted by molar-refractivity contribution is -0.132. The van der Waals surface area contributed by atoms with Crippen LogP contribution in [0.2, 0.25) is 0 Å². The van der Waals surface area contributed by atoms with Crippen LogP contribution in [0.1, 0.15) is 25.3 Å². The molecule has 0 aliphatic carbocycles. The van der Waals surface area contributed by atoms with Crippen LogP contribution < -0.4 is 5.32 Å². The lowest BCUT2D eigenvalue weighted by atomic mass is 9.95. The summed E-state index contributed by atoms with van der Waals surface area (Å²) in [6.45, 7) is 2.81. The van der Waals surface area contributed by atoms with Crippen molar-refractivity contribution in [3.8, 4) is 6.07 Å². The second kappa shape index (κ2) is 6.20. The van der Waals surface area contributed by atoms with Crippen molar-refractivity contribution in [2.75, 3.05) is 18.4 Å². The van der Waals surface area contributed by atoms with Crippen LogP contribution in [0.3, 0.4) is 0 Å². The average Bonchev–Trinajstić information content (AvgIpc) is 2.47. The van der Waals surface area contributed by atoms with Gasteiger partial charge in [0.25, 0.3) is 0 Å². The van der Waals surface area contributed by atoms with E-state index in [0.717, 1.165) is 0 Å². The second-order valence-corrected chi connectivity index (χ2v) is 4.96. The van der Waals surface area contributed by atoms with Gasteiger partial charge in [-0.3, -0.25) is 9.59 Å². The Kier molecular flexibility index (Phi) is 4.36. The fourth-order valence-electron chi connectivity index (χ4n) is 2.37. The Morgan fingerprint density at radius 2 is 2.05 bits per heavy atom. The predicted octanol–water partition coefficient (Wildman–Crippen LogP) is 1.76. The summed E-state index contributed by atoms with van der Waals surface area (Å²) in [7, 11) is 0. The van der Waals surface area contributed by atoms with E-state index in [-0.39, 0.29) is 17.7 Å². The summed E-state index contributed by atoms with van der Waals surface area (Å²) < 4.78 is 0. The highest BCUT2D eigenvalue weighted by molar-refractivity contribution is 5.92. The van der Waals surface area contributed by atoms with Crippen LogP contribution in [0, 0.1) is 17.2 Å². The SMILES string of the molecule is CC(=O)N1CCC(C(=O)Nc2cccc(C#N)c2)CC1. The van der Waals surface area contributed by atoms with Crippen LogP contribution in [-0.4, -0.2) is 29.8 Å². The molecule has 0 bridgehead atoms. The predicted molar refractivity (Wildman–Crippen MR) is 74.8 cm³/mol. The van der Waals surface area contributed by atoms with Gasteiger partial charge < -0.3 is 10.2 Å². The van der Waals surface area contributed by atoms with Crippen LogP contribution in [-0.2, 0) is 9.59 Å². The third kappa shape index (κ3) is 3.35. The number of nitriles is 1. The minimum absolute atomic E-state index is 0.0386. The molecule has 0 atom stereocenters. The minimum atomic E-state index is -0.0728. The van der Waals surface area contributed by atoms with Gasteiger partial charge in [-0.05, 0) is 31.0 Å². The summed E-state index contributed by atoms with van der Waals surface area (Å²) in [6, 6.07) is 8.90. The first-order chi connectivity index (χ1) is 9.60. The van der Waals surface area contributed by atoms with E-state index in [9.17, 15) is 9.59 Å². The van der Waals surface area contributed by atoms with Gasteiger partial charge in [0.05, 0.1) is 11.6 Å². The van der Waals surface area contributed by atoms with Crippen molar-refractivity contribution in [3.05, 3.63) is 29.8 Å². The quantitative estimate of drug-likeness (QED) is 0.890. The number of rotatable bonds is 2. The van der Waals surface area contributed by atoms with Gasteiger partial charge in [-0.15, -0.1) is 0 Å². The van der Waals surface area contributed by atoms with E-state index in [2.05, 4.69) is 5.32 Å². The van der Waals surface area contributed by atoms with Gasteiger partial charge in [0.15, 0.2) is 0 Å². The number of hydrogen-bond donors (Lipinski definition) is 1. The fraction of sp³-hybridized carbons (Fsp3) is 0.400. The number of nitrogens with one attached hydrogen (secondary N) is 1. The van der Waals surface area contributed by atoms with Gasteiger partial charge in [-0.1, -0.05) is 6.07 Å². The molecule has 0 saturated carbocycles. The molecule has 1 saturated heterocycles. The Hall–Kier alpha value is -2.35. The molecular weight excluding hydrogens is 254 g/mol. The molecule has 104 valence electrons. The molecule has 1 aliphatic rings. The van der Waals surface area contributed by atoms with Gasteiger partial charge in [0, 0.05) is 31.6 Å². The van der Waals surface area contributed by atoms with Gasteiger partial charge in [0.2, 0.25) is 11.8 Å². The van der Waals surface area contributed by atoms with Gasteiger partial charge in [0.1, 0.15) is 0 Å². The smallest absolute Gasteiger partial charge is 0.227 e. The van der Waals surface area contributed by atoms with E-state index in [1.165, 1.54) is 0 Å². The summed E-state index contributed by atoms with van der Waals surface area (Å²) >= 11 is 0. The van der Waals surface area contributed by atoms with E-state index in [1.54, 1.807) is 36.1 Å². The van der Waals surface area contributed by atoms with Crippen LogP contribution in [0.5, 0.6) is 0 Å². The Morgan fingerprint density at radius 1 is 1.35 bits per heavy atom. The number of amides is 2. The van der Waals surface area contributed by atoms with Crippen LogP contribution in [0.4, 0.5) is 5.69 Å². The van der Waals surface area contributed by atoms with Crippen molar-refractivity contribution in [3.63, 3.8) is 0 Å². The highest BCUT2D eigenvalue weighted by Crippen LogP contribution is 2.20. The molecule has 5 nitrogen and oxygen atoms in total. The first kappa shape index (κ1) is 14.1. The van der Waals surface area contributed by atoms with Crippen molar-refractivity contribution in [1.29, 1.82) is 5.26 Å². The maximum atomic E-state index is 12.1. The van der Waals surface area contributed by atoms with Gasteiger partial charge >= 0.3 is 0 Å². The van der Waals surface area contributed by atoms with Gasteiger partial charge in [-0.2, -0.15) is 5.26 Å². The number of nitrogens with zero attached hydrogens (tertiary/aromatic N) is 2. The van der Waals surface area contributed by atoms with E-state index < -0.39 is 0 Å². The van der Waals surface area contributed by atoms with Crippen molar-refractivity contribution in [2.24, 2.45) is 5.92 Å². The van der Waals surface area contributed by atoms with Crippen LogP contribution in [0.15, 0.2) is 24.3 Å². The maximum absolute atomic E-state index is 12.1. The molecule has 0 radical (unpaired) electrons. The number of benzene rings is 1. The maximum Gasteiger partial charge on any atom is 0.227 e. The molecule has 1 aliphatic heterocycles. The standard InChI is InChI=1S/C15H17N3O2/c1-11(19)18-7-5-13(6-8-18)15(20)17-14-4-2-3-12(9-14)10-16/h2-4,9,13H,5-8H2,1H3,(H,17,20). The lowest BCUT2D eigenvalue weighted by Crippen LogP contribution is -2.40. The third-order valence-corrected chi connectivity index (χ3v) is 3.57. The molecule has 1 fully saturated rings. The van der Waals surface area contributed by atoms with E-state index in [0.29, 0.717) is 37.2 Å². The summed E-state index contributed by atoms with van der Waals surface area (Å²) in [5, 5.41) is 11.7. The topological polar surface area (TPSA) is 73.2 Å². The molecule has 0 aromatic heterocycles. The molecular formula is C15H17N3O2. The molecule has 1 aromatic rings. The Morgan fingerprint density at radius 3 is 2.65 bits per heavy atom. The largest absolute Gasteiger partial charge is 0.343 e. The monoisotopic (exact) mass is 271 g/mol.